The van der Waals surface area contributed by atoms with Crippen LogP contribution >= 0.6 is 11.3 Å². The first-order valence-corrected chi connectivity index (χ1v) is 7.53. The van der Waals surface area contributed by atoms with E-state index >= 15 is 0 Å². The lowest BCUT2D eigenvalue weighted by Gasteiger charge is -2.11. The van der Waals surface area contributed by atoms with Crippen LogP contribution in [0.15, 0.2) is 44.5 Å². The van der Waals surface area contributed by atoms with Gasteiger partial charge in [-0.25, -0.2) is 10.4 Å². The topological polar surface area (TPSA) is 67.5 Å². The van der Waals surface area contributed by atoms with Crippen molar-refractivity contribution in [3.05, 3.63) is 40.6 Å². The average Bonchev–Trinajstić information content (AvgIpc) is 3.16. The summed E-state index contributed by atoms with van der Waals surface area (Å²) in [7, 11) is 0. The molecule has 0 atom stereocenters. The molecule has 3 aromatic rings. The number of aromatic nitrogens is 1. The largest absolute Gasteiger partial charge is 0.436 e. The van der Waals surface area contributed by atoms with E-state index in [0.29, 0.717) is 18.7 Å². The molecule has 5 nitrogen and oxygen atoms in total. The molecular formula is C15H11N3O2S. The molecule has 1 aromatic carbocycles. The Morgan fingerprint density at radius 1 is 1.19 bits per heavy atom. The van der Waals surface area contributed by atoms with E-state index in [9.17, 15) is 4.79 Å². The van der Waals surface area contributed by atoms with Crippen LogP contribution in [0.3, 0.4) is 0 Å². The van der Waals surface area contributed by atoms with Crippen LogP contribution < -0.4 is 5.43 Å². The van der Waals surface area contributed by atoms with E-state index in [1.807, 2.05) is 35.0 Å². The monoisotopic (exact) mass is 297 g/mol. The Labute approximate surface area is 124 Å². The van der Waals surface area contributed by atoms with Gasteiger partial charge in [0.15, 0.2) is 5.58 Å². The third kappa shape index (κ3) is 2.23. The summed E-state index contributed by atoms with van der Waals surface area (Å²) < 4.78 is 5.82. The molecule has 0 aliphatic carbocycles. The van der Waals surface area contributed by atoms with Crippen molar-refractivity contribution in [3.8, 4) is 11.5 Å². The SMILES string of the molecule is O=C1CCC(c2ccc3nc(-c4ccsc4)oc3c2)=NN1. The van der Waals surface area contributed by atoms with Crippen LogP contribution in [0.1, 0.15) is 18.4 Å². The molecule has 1 N–H and O–H groups in total. The molecule has 4 rings (SSSR count). The van der Waals surface area contributed by atoms with Crippen LogP contribution in [0.25, 0.3) is 22.6 Å². The highest BCUT2D eigenvalue weighted by Gasteiger charge is 2.15. The number of thiophene rings is 1. The maximum absolute atomic E-state index is 11.1. The third-order valence-corrected chi connectivity index (χ3v) is 4.08. The normalized spacial score (nSPS) is 15.0. The summed E-state index contributed by atoms with van der Waals surface area (Å²) >= 11 is 1.61. The molecule has 0 saturated heterocycles. The van der Waals surface area contributed by atoms with Gasteiger partial charge in [0.1, 0.15) is 5.52 Å². The standard InChI is InChI=1S/C15H11N3O2S/c19-14-4-3-11(17-18-14)9-1-2-12-13(7-9)20-15(16-12)10-5-6-21-8-10/h1-2,5-8H,3-4H2,(H,18,19). The van der Waals surface area contributed by atoms with Crippen LogP contribution in [0.2, 0.25) is 0 Å². The van der Waals surface area contributed by atoms with Gasteiger partial charge in [-0.15, -0.1) is 0 Å². The Balaban J connectivity index is 1.75. The van der Waals surface area contributed by atoms with Crippen molar-refractivity contribution in [3.63, 3.8) is 0 Å². The highest BCUT2D eigenvalue weighted by molar-refractivity contribution is 7.08. The van der Waals surface area contributed by atoms with Crippen LogP contribution in [-0.2, 0) is 4.79 Å². The molecule has 104 valence electrons. The minimum atomic E-state index is -0.0424. The van der Waals surface area contributed by atoms with Gasteiger partial charge in [-0.2, -0.15) is 16.4 Å². The highest BCUT2D eigenvalue weighted by Crippen LogP contribution is 2.27. The zero-order valence-corrected chi connectivity index (χ0v) is 11.8. The number of rotatable bonds is 2. The fraction of sp³-hybridized carbons (Fsp3) is 0.133. The van der Waals surface area contributed by atoms with Gasteiger partial charge in [0.2, 0.25) is 11.8 Å². The number of benzene rings is 1. The minimum absolute atomic E-state index is 0.0424. The smallest absolute Gasteiger partial charge is 0.240 e. The number of nitrogens with zero attached hydrogens (tertiary/aromatic N) is 2. The van der Waals surface area contributed by atoms with Gasteiger partial charge in [-0.05, 0) is 23.6 Å². The van der Waals surface area contributed by atoms with Crippen LogP contribution in [0.5, 0.6) is 0 Å². The number of oxazole rings is 1. The molecule has 2 aromatic heterocycles. The van der Waals surface area contributed by atoms with Gasteiger partial charge >= 0.3 is 0 Å². The van der Waals surface area contributed by atoms with Gasteiger partial charge in [-0.1, -0.05) is 6.07 Å². The number of hydrogen-bond acceptors (Lipinski definition) is 5. The molecule has 6 heteroatoms. The molecule has 21 heavy (non-hydrogen) atoms. The van der Waals surface area contributed by atoms with Crippen molar-refractivity contribution in [1.82, 2.24) is 10.4 Å². The Kier molecular flexibility index (Phi) is 2.82. The molecule has 1 aliphatic heterocycles. The third-order valence-electron chi connectivity index (χ3n) is 3.39. The molecule has 1 amide bonds. The highest BCUT2D eigenvalue weighted by atomic mass is 32.1. The number of hydrogen-bond donors (Lipinski definition) is 1. The van der Waals surface area contributed by atoms with Crippen LogP contribution in [0, 0.1) is 0 Å². The Morgan fingerprint density at radius 3 is 2.90 bits per heavy atom. The summed E-state index contributed by atoms with van der Waals surface area (Å²) in [5.74, 6) is 0.585. The van der Waals surface area contributed by atoms with Gasteiger partial charge < -0.3 is 4.42 Å². The van der Waals surface area contributed by atoms with Gasteiger partial charge in [-0.3, -0.25) is 4.79 Å². The first-order chi connectivity index (χ1) is 10.3. The summed E-state index contributed by atoms with van der Waals surface area (Å²) in [6.45, 7) is 0. The van der Waals surface area contributed by atoms with E-state index in [0.717, 1.165) is 27.9 Å². The minimum Gasteiger partial charge on any atom is -0.436 e. The molecular weight excluding hydrogens is 286 g/mol. The maximum Gasteiger partial charge on any atom is 0.240 e. The Morgan fingerprint density at radius 2 is 2.14 bits per heavy atom. The van der Waals surface area contributed by atoms with E-state index < -0.39 is 0 Å². The van der Waals surface area contributed by atoms with E-state index in [1.54, 1.807) is 11.3 Å². The molecule has 0 spiro atoms. The first-order valence-electron chi connectivity index (χ1n) is 6.58. The lowest BCUT2D eigenvalue weighted by Crippen LogP contribution is -2.25. The van der Waals surface area contributed by atoms with Crippen LogP contribution in [-0.4, -0.2) is 16.6 Å². The van der Waals surface area contributed by atoms with Gasteiger partial charge in [0.05, 0.1) is 5.71 Å². The first kappa shape index (κ1) is 12.3. The molecule has 0 fully saturated rings. The van der Waals surface area contributed by atoms with Crippen molar-refractivity contribution in [2.24, 2.45) is 5.10 Å². The number of carbonyl (C=O) groups is 1. The fourth-order valence-electron chi connectivity index (χ4n) is 2.30. The molecule has 0 unspecified atom stereocenters. The van der Waals surface area contributed by atoms with Gasteiger partial charge in [0.25, 0.3) is 0 Å². The molecule has 0 radical (unpaired) electrons. The average molecular weight is 297 g/mol. The van der Waals surface area contributed by atoms with Crippen molar-refractivity contribution in [2.45, 2.75) is 12.8 Å². The van der Waals surface area contributed by atoms with Crippen molar-refractivity contribution in [1.29, 1.82) is 0 Å². The number of nitrogens with one attached hydrogen (secondary N) is 1. The molecule has 3 heterocycles. The fourth-order valence-corrected chi connectivity index (χ4v) is 2.93. The lowest BCUT2D eigenvalue weighted by molar-refractivity contribution is -0.121. The van der Waals surface area contributed by atoms with E-state index in [4.69, 9.17) is 4.42 Å². The molecule has 1 aliphatic rings. The Hall–Kier alpha value is -2.47. The summed E-state index contributed by atoms with van der Waals surface area (Å²) in [4.78, 5) is 15.6. The van der Waals surface area contributed by atoms with E-state index in [-0.39, 0.29) is 5.91 Å². The van der Waals surface area contributed by atoms with E-state index in [1.165, 1.54) is 0 Å². The zero-order chi connectivity index (χ0) is 14.2. The van der Waals surface area contributed by atoms with Crippen molar-refractivity contribution < 1.29 is 9.21 Å². The molecule has 0 bridgehead atoms. The number of carbonyl (C=O) groups excluding carboxylic acids is 1. The Bertz CT molecular complexity index is 849. The summed E-state index contributed by atoms with van der Waals surface area (Å²) in [5, 5.41) is 8.10. The second-order valence-electron chi connectivity index (χ2n) is 4.81. The second kappa shape index (κ2) is 4.82. The summed E-state index contributed by atoms with van der Waals surface area (Å²) in [5.41, 5.74) is 6.87. The molecule has 0 saturated carbocycles. The summed E-state index contributed by atoms with van der Waals surface area (Å²) in [6.07, 6.45) is 1.11. The second-order valence-corrected chi connectivity index (χ2v) is 5.59. The predicted molar refractivity (Wildman–Crippen MR) is 81.2 cm³/mol. The van der Waals surface area contributed by atoms with Crippen LogP contribution in [0.4, 0.5) is 0 Å². The quantitative estimate of drug-likeness (QED) is 0.790. The lowest BCUT2D eigenvalue weighted by atomic mass is 10.0. The maximum atomic E-state index is 11.1. The summed E-state index contributed by atoms with van der Waals surface area (Å²) in [6, 6.07) is 7.78. The predicted octanol–water partition coefficient (Wildman–Crippen LogP) is 3.17. The van der Waals surface area contributed by atoms with E-state index in [2.05, 4.69) is 15.5 Å². The number of hydrazone groups is 1. The van der Waals surface area contributed by atoms with Crippen molar-refractivity contribution in [2.75, 3.05) is 0 Å². The van der Waals surface area contributed by atoms with Crippen molar-refractivity contribution >= 4 is 34.1 Å². The number of fused-ring (bicyclic) bond motifs is 1. The van der Waals surface area contributed by atoms with Gasteiger partial charge in [0, 0.05) is 29.3 Å². The zero-order valence-electron chi connectivity index (χ0n) is 11.0. The number of amides is 1.